The van der Waals surface area contributed by atoms with Gasteiger partial charge in [0.05, 0.1) is 0 Å². The first-order valence-corrected chi connectivity index (χ1v) is 9.60. The van der Waals surface area contributed by atoms with Crippen LogP contribution < -0.4 is 0 Å². The molecule has 0 saturated heterocycles. The van der Waals surface area contributed by atoms with Crippen LogP contribution in [0.4, 0.5) is 0 Å². The number of imidazole rings is 1. The molecule has 2 aromatic rings. The number of aromatic amines is 1. The van der Waals surface area contributed by atoms with E-state index in [-0.39, 0.29) is 11.3 Å². The molecule has 0 spiro atoms. The Hall–Kier alpha value is -2.09. The molecule has 132 valence electrons. The third-order valence-corrected chi connectivity index (χ3v) is 5.78. The zero-order chi connectivity index (χ0) is 17.7. The number of allylic oxidation sites excluding steroid dienone is 4. The first-order valence-electron chi connectivity index (χ1n) is 9.60. The largest absolute Gasteiger partial charge is 0.348 e. The lowest BCUT2D eigenvalue weighted by atomic mass is 9.65. The van der Waals surface area contributed by atoms with Crippen LogP contribution in [0.1, 0.15) is 69.3 Å². The van der Waals surface area contributed by atoms with E-state index in [1.54, 1.807) is 0 Å². The number of nitrogens with zero attached hydrogens (tertiary/aromatic N) is 1. The lowest BCUT2D eigenvalue weighted by Crippen LogP contribution is -2.33. The van der Waals surface area contributed by atoms with E-state index < -0.39 is 0 Å². The minimum absolute atomic E-state index is 0.0622. The molecule has 1 aromatic heterocycles. The van der Waals surface area contributed by atoms with Gasteiger partial charge in [-0.25, -0.2) is 4.98 Å². The minimum Gasteiger partial charge on any atom is -0.348 e. The number of aromatic nitrogens is 2. The van der Waals surface area contributed by atoms with Gasteiger partial charge in [0.15, 0.2) is 0 Å². The van der Waals surface area contributed by atoms with Gasteiger partial charge in [-0.1, -0.05) is 81.2 Å². The SMILES string of the molecule is CCCCCCc1ccc(C2(C)C(C)=CC=CC2c2ncc[nH]2)cc1. The predicted molar refractivity (Wildman–Crippen MR) is 106 cm³/mol. The Labute approximate surface area is 152 Å². The average Bonchev–Trinajstić information content (AvgIpc) is 3.16. The van der Waals surface area contributed by atoms with Crippen LogP contribution in [0.3, 0.4) is 0 Å². The molecule has 0 amide bonds. The highest BCUT2D eigenvalue weighted by Gasteiger charge is 2.39. The number of unbranched alkanes of at least 4 members (excludes halogenated alkanes) is 3. The third-order valence-electron chi connectivity index (χ3n) is 5.78. The van der Waals surface area contributed by atoms with Crippen molar-refractivity contribution in [3.8, 4) is 0 Å². The topological polar surface area (TPSA) is 28.7 Å². The van der Waals surface area contributed by atoms with E-state index >= 15 is 0 Å². The molecule has 0 bridgehead atoms. The Morgan fingerprint density at radius 3 is 2.60 bits per heavy atom. The number of rotatable bonds is 7. The fourth-order valence-corrected chi connectivity index (χ4v) is 3.91. The van der Waals surface area contributed by atoms with Gasteiger partial charge in [0.25, 0.3) is 0 Å². The van der Waals surface area contributed by atoms with Gasteiger partial charge in [-0.05, 0) is 30.9 Å². The van der Waals surface area contributed by atoms with E-state index in [9.17, 15) is 0 Å². The van der Waals surface area contributed by atoms with Crippen molar-refractivity contribution in [1.82, 2.24) is 9.97 Å². The van der Waals surface area contributed by atoms with Crippen LogP contribution >= 0.6 is 0 Å². The third kappa shape index (κ3) is 3.63. The molecule has 0 fully saturated rings. The number of nitrogens with one attached hydrogen (secondary N) is 1. The van der Waals surface area contributed by atoms with Crippen LogP contribution in [0.2, 0.25) is 0 Å². The Morgan fingerprint density at radius 2 is 1.92 bits per heavy atom. The van der Waals surface area contributed by atoms with Crippen molar-refractivity contribution in [2.24, 2.45) is 0 Å². The van der Waals surface area contributed by atoms with E-state index in [4.69, 9.17) is 0 Å². The number of aryl methyl sites for hydroxylation is 1. The molecular weight excluding hydrogens is 304 g/mol. The maximum Gasteiger partial charge on any atom is 0.114 e. The van der Waals surface area contributed by atoms with Crippen LogP contribution in [-0.4, -0.2) is 9.97 Å². The zero-order valence-electron chi connectivity index (χ0n) is 15.8. The van der Waals surface area contributed by atoms with E-state index in [2.05, 4.69) is 73.2 Å². The van der Waals surface area contributed by atoms with Crippen LogP contribution in [0.5, 0.6) is 0 Å². The quantitative estimate of drug-likeness (QED) is 0.610. The van der Waals surface area contributed by atoms with E-state index in [1.165, 1.54) is 48.8 Å². The smallest absolute Gasteiger partial charge is 0.114 e. The number of hydrogen-bond donors (Lipinski definition) is 1. The van der Waals surface area contributed by atoms with E-state index in [0.717, 1.165) is 5.82 Å². The van der Waals surface area contributed by atoms with Gasteiger partial charge in [0.1, 0.15) is 5.82 Å². The second-order valence-electron chi connectivity index (χ2n) is 7.40. The molecule has 2 atom stereocenters. The summed E-state index contributed by atoms with van der Waals surface area (Å²) in [7, 11) is 0. The zero-order valence-corrected chi connectivity index (χ0v) is 15.8. The first-order chi connectivity index (χ1) is 12.2. The van der Waals surface area contributed by atoms with Crippen molar-refractivity contribution in [2.75, 3.05) is 0 Å². The molecule has 1 aliphatic rings. The summed E-state index contributed by atoms with van der Waals surface area (Å²) in [6, 6.07) is 9.28. The summed E-state index contributed by atoms with van der Waals surface area (Å²) in [5.41, 5.74) is 4.13. The van der Waals surface area contributed by atoms with Gasteiger partial charge in [-0.3, -0.25) is 0 Å². The van der Waals surface area contributed by atoms with Crippen molar-refractivity contribution in [3.63, 3.8) is 0 Å². The maximum absolute atomic E-state index is 4.54. The number of H-pyrrole nitrogens is 1. The highest BCUT2D eigenvalue weighted by Crippen LogP contribution is 2.46. The van der Waals surface area contributed by atoms with Crippen molar-refractivity contribution in [2.45, 2.75) is 64.2 Å². The van der Waals surface area contributed by atoms with Gasteiger partial charge in [0, 0.05) is 23.7 Å². The fraction of sp³-hybridized carbons (Fsp3) is 0.435. The van der Waals surface area contributed by atoms with Gasteiger partial charge in [-0.2, -0.15) is 0 Å². The molecule has 1 aliphatic carbocycles. The van der Waals surface area contributed by atoms with Crippen LogP contribution in [-0.2, 0) is 11.8 Å². The lowest BCUT2D eigenvalue weighted by molar-refractivity contribution is 0.477. The molecule has 1 N–H and O–H groups in total. The maximum atomic E-state index is 4.54. The minimum atomic E-state index is -0.0622. The van der Waals surface area contributed by atoms with Gasteiger partial charge in [0.2, 0.25) is 0 Å². The molecule has 1 heterocycles. The second kappa shape index (κ2) is 7.86. The summed E-state index contributed by atoms with van der Waals surface area (Å²) < 4.78 is 0. The Balaban J connectivity index is 1.82. The summed E-state index contributed by atoms with van der Waals surface area (Å²) in [4.78, 5) is 7.85. The van der Waals surface area contributed by atoms with Gasteiger partial charge >= 0.3 is 0 Å². The van der Waals surface area contributed by atoms with Crippen LogP contribution in [0, 0.1) is 0 Å². The predicted octanol–water partition coefficient (Wildman–Crippen LogP) is 6.09. The molecule has 0 aliphatic heterocycles. The van der Waals surface area contributed by atoms with Crippen molar-refractivity contribution < 1.29 is 0 Å². The van der Waals surface area contributed by atoms with Crippen LogP contribution in [0.25, 0.3) is 0 Å². The van der Waals surface area contributed by atoms with Gasteiger partial charge in [-0.15, -0.1) is 0 Å². The normalized spacial score (nSPS) is 22.8. The summed E-state index contributed by atoms with van der Waals surface area (Å²) in [5, 5.41) is 0. The monoisotopic (exact) mass is 334 g/mol. The fourth-order valence-electron chi connectivity index (χ4n) is 3.91. The molecular formula is C23H30N2. The number of benzene rings is 1. The highest BCUT2D eigenvalue weighted by molar-refractivity contribution is 5.46. The van der Waals surface area contributed by atoms with Crippen molar-refractivity contribution in [1.29, 1.82) is 0 Å². The average molecular weight is 335 g/mol. The summed E-state index contributed by atoms with van der Waals surface area (Å²) in [5.74, 6) is 1.28. The van der Waals surface area contributed by atoms with Crippen LogP contribution in [0.15, 0.2) is 60.5 Å². The summed E-state index contributed by atoms with van der Waals surface area (Å²) in [6.07, 6.45) is 16.9. The Kier molecular flexibility index (Phi) is 5.57. The van der Waals surface area contributed by atoms with Crippen molar-refractivity contribution in [3.05, 3.63) is 77.4 Å². The second-order valence-corrected chi connectivity index (χ2v) is 7.40. The first kappa shape index (κ1) is 17.7. The lowest BCUT2D eigenvalue weighted by Gasteiger charge is -2.39. The molecule has 25 heavy (non-hydrogen) atoms. The molecule has 2 nitrogen and oxygen atoms in total. The number of hydrogen-bond acceptors (Lipinski definition) is 1. The van der Waals surface area contributed by atoms with E-state index in [0.29, 0.717) is 0 Å². The summed E-state index contributed by atoms with van der Waals surface area (Å²) in [6.45, 7) is 6.84. The highest BCUT2D eigenvalue weighted by atomic mass is 14.9. The van der Waals surface area contributed by atoms with Gasteiger partial charge < -0.3 is 4.98 Å². The standard InChI is InChI=1S/C23H30N2/c1-4-5-6-7-10-19-12-14-20(15-13-19)23(3)18(2)9-8-11-21(23)22-24-16-17-25-22/h8-9,11-17,21H,4-7,10H2,1-3H3,(H,24,25). The van der Waals surface area contributed by atoms with E-state index in [1.807, 2.05) is 12.4 Å². The molecule has 0 radical (unpaired) electrons. The molecule has 0 saturated carbocycles. The Bertz CT molecular complexity index is 722. The Morgan fingerprint density at radius 1 is 1.12 bits per heavy atom. The molecule has 2 unspecified atom stereocenters. The molecule has 3 rings (SSSR count). The molecule has 2 heteroatoms. The van der Waals surface area contributed by atoms with Crippen molar-refractivity contribution >= 4 is 0 Å². The molecule has 1 aromatic carbocycles. The summed E-state index contributed by atoms with van der Waals surface area (Å²) >= 11 is 0.